The van der Waals surface area contributed by atoms with Crippen molar-refractivity contribution in [1.82, 2.24) is 0 Å². The molecule has 1 aromatic heterocycles. The zero-order chi connectivity index (χ0) is 12.3. The van der Waals surface area contributed by atoms with Crippen LogP contribution >= 0.6 is 50.6 Å². The molecule has 0 saturated heterocycles. The van der Waals surface area contributed by atoms with Crippen molar-refractivity contribution in [2.45, 2.75) is 10.9 Å². The van der Waals surface area contributed by atoms with Crippen molar-refractivity contribution >= 4 is 50.6 Å². The Bertz CT molecular complexity index is 484. The van der Waals surface area contributed by atoms with Crippen LogP contribution in [-0.4, -0.2) is 5.75 Å². The van der Waals surface area contributed by atoms with Gasteiger partial charge in [-0.2, -0.15) is 0 Å². The van der Waals surface area contributed by atoms with Crippen molar-refractivity contribution < 1.29 is 0 Å². The van der Waals surface area contributed by atoms with E-state index in [1.807, 2.05) is 35.7 Å². The summed E-state index contributed by atoms with van der Waals surface area (Å²) in [5.74, 6) is 0.862. The minimum absolute atomic E-state index is 0.0602. The average Bonchev–Trinajstić information content (AvgIpc) is 2.74. The number of thioether (sulfide) groups is 1. The van der Waals surface area contributed by atoms with Gasteiger partial charge in [-0.3, -0.25) is 0 Å². The molecule has 1 unspecified atom stereocenters. The van der Waals surface area contributed by atoms with Crippen molar-refractivity contribution in [2.75, 3.05) is 5.75 Å². The second-order valence-electron chi connectivity index (χ2n) is 3.50. The monoisotopic (exact) mass is 347 g/mol. The molecule has 0 saturated carbocycles. The highest BCUT2D eigenvalue weighted by molar-refractivity contribution is 9.10. The number of rotatable bonds is 4. The lowest BCUT2D eigenvalue weighted by atomic mass is 10.3. The van der Waals surface area contributed by atoms with Gasteiger partial charge in [0.2, 0.25) is 0 Å². The molecule has 1 aromatic carbocycles. The van der Waals surface area contributed by atoms with E-state index >= 15 is 0 Å². The Morgan fingerprint density at radius 2 is 2.00 bits per heavy atom. The van der Waals surface area contributed by atoms with Crippen LogP contribution < -0.4 is 5.73 Å². The second-order valence-corrected chi connectivity index (χ2v) is 6.84. The molecule has 0 fully saturated rings. The first kappa shape index (κ1) is 13.4. The van der Waals surface area contributed by atoms with E-state index < -0.39 is 0 Å². The van der Waals surface area contributed by atoms with E-state index in [4.69, 9.17) is 17.3 Å². The molecule has 0 radical (unpaired) electrons. The van der Waals surface area contributed by atoms with Gasteiger partial charge >= 0.3 is 0 Å². The molecule has 90 valence electrons. The summed E-state index contributed by atoms with van der Waals surface area (Å²) in [5, 5.41) is 2.81. The fourth-order valence-corrected chi connectivity index (χ4v) is 4.13. The summed E-state index contributed by atoms with van der Waals surface area (Å²) in [7, 11) is 0. The third-order valence-corrected chi connectivity index (χ3v) is 5.61. The zero-order valence-electron chi connectivity index (χ0n) is 8.90. The molecule has 0 aliphatic carbocycles. The first-order valence-electron chi connectivity index (χ1n) is 5.03. The van der Waals surface area contributed by atoms with Crippen LogP contribution in [-0.2, 0) is 0 Å². The molecule has 0 amide bonds. The second kappa shape index (κ2) is 6.25. The van der Waals surface area contributed by atoms with Gasteiger partial charge in [0.05, 0.1) is 0 Å². The average molecular weight is 349 g/mol. The normalized spacial score (nSPS) is 12.6. The minimum Gasteiger partial charge on any atom is -0.323 e. The molecule has 0 bridgehead atoms. The van der Waals surface area contributed by atoms with Gasteiger partial charge in [-0.15, -0.1) is 23.1 Å². The molecule has 2 aromatic rings. The Morgan fingerprint density at radius 1 is 1.29 bits per heavy atom. The lowest BCUT2D eigenvalue weighted by Gasteiger charge is -2.10. The molecule has 1 heterocycles. The van der Waals surface area contributed by atoms with E-state index in [2.05, 4.69) is 15.9 Å². The van der Waals surface area contributed by atoms with Crippen LogP contribution in [0.5, 0.6) is 0 Å². The quantitative estimate of drug-likeness (QED) is 0.791. The number of halogens is 2. The Balaban J connectivity index is 1.94. The Labute approximate surface area is 122 Å². The summed E-state index contributed by atoms with van der Waals surface area (Å²) < 4.78 is 1.10. The number of thiophene rings is 1. The fourth-order valence-electron chi connectivity index (χ4n) is 1.36. The van der Waals surface area contributed by atoms with E-state index in [-0.39, 0.29) is 6.04 Å². The Morgan fingerprint density at radius 3 is 2.59 bits per heavy atom. The van der Waals surface area contributed by atoms with Crippen LogP contribution in [0.2, 0.25) is 5.02 Å². The van der Waals surface area contributed by atoms with Gasteiger partial charge in [0.15, 0.2) is 0 Å². The van der Waals surface area contributed by atoms with Crippen molar-refractivity contribution in [1.29, 1.82) is 0 Å². The van der Waals surface area contributed by atoms with Crippen LogP contribution in [0.3, 0.4) is 0 Å². The van der Waals surface area contributed by atoms with Gasteiger partial charge in [0.1, 0.15) is 0 Å². The standard InChI is InChI=1S/C12H11BrClNS2/c13-10-5-6-16-12(10)11(15)7-17-9-3-1-8(14)2-4-9/h1-6,11H,7,15H2. The van der Waals surface area contributed by atoms with Gasteiger partial charge in [-0.05, 0) is 51.6 Å². The van der Waals surface area contributed by atoms with Gasteiger partial charge < -0.3 is 5.73 Å². The topological polar surface area (TPSA) is 26.0 Å². The molecule has 1 atom stereocenters. The third-order valence-electron chi connectivity index (χ3n) is 2.22. The summed E-state index contributed by atoms with van der Waals surface area (Å²) in [6.07, 6.45) is 0. The first-order chi connectivity index (χ1) is 8.16. The molecular weight excluding hydrogens is 338 g/mol. The van der Waals surface area contributed by atoms with E-state index in [1.54, 1.807) is 23.1 Å². The maximum Gasteiger partial charge on any atom is 0.0496 e. The van der Waals surface area contributed by atoms with E-state index in [0.29, 0.717) is 0 Å². The van der Waals surface area contributed by atoms with Crippen LogP contribution in [0.1, 0.15) is 10.9 Å². The lowest BCUT2D eigenvalue weighted by molar-refractivity contribution is 0.848. The van der Waals surface area contributed by atoms with Crippen molar-refractivity contribution in [3.63, 3.8) is 0 Å². The summed E-state index contributed by atoms with van der Waals surface area (Å²) >= 11 is 12.8. The number of hydrogen-bond acceptors (Lipinski definition) is 3. The summed E-state index contributed by atoms with van der Waals surface area (Å²) in [6, 6.07) is 9.93. The number of nitrogens with two attached hydrogens (primary N) is 1. The summed E-state index contributed by atoms with van der Waals surface area (Å²) in [5.41, 5.74) is 6.15. The summed E-state index contributed by atoms with van der Waals surface area (Å²) in [6.45, 7) is 0. The van der Waals surface area contributed by atoms with E-state index in [0.717, 1.165) is 15.2 Å². The minimum atomic E-state index is 0.0602. The Hall–Kier alpha value is -0.000000000000000111. The predicted octanol–water partition coefficient (Wildman–Crippen LogP) is 4.96. The van der Waals surface area contributed by atoms with Gasteiger partial charge in [0.25, 0.3) is 0 Å². The van der Waals surface area contributed by atoms with Crippen molar-refractivity contribution in [3.05, 3.63) is 50.1 Å². The van der Waals surface area contributed by atoms with Crippen LogP contribution in [0, 0.1) is 0 Å². The summed E-state index contributed by atoms with van der Waals surface area (Å²) in [4.78, 5) is 2.39. The molecule has 2 N–H and O–H groups in total. The van der Waals surface area contributed by atoms with Crippen molar-refractivity contribution in [2.24, 2.45) is 5.73 Å². The predicted molar refractivity (Wildman–Crippen MR) is 81.1 cm³/mol. The smallest absolute Gasteiger partial charge is 0.0496 e. The van der Waals surface area contributed by atoms with Gasteiger partial charge in [0, 0.05) is 31.1 Å². The highest BCUT2D eigenvalue weighted by Crippen LogP contribution is 2.31. The highest BCUT2D eigenvalue weighted by Gasteiger charge is 2.11. The largest absolute Gasteiger partial charge is 0.323 e. The lowest BCUT2D eigenvalue weighted by Crippen LogP contribution is -2.11. The van der Waals surface area contributed by atoms with E-state index in [1.165, 1.54) is 9.77 Å². The highest BCUT2D eigenvalue weighted by atomic mass is 79.9. The maximum absolute atomic E-state index is 6.15. The molecule has 17 heavy (non-hydrogen) atoms. The maximum atomic E-state index is 6.15. The zero-order valence-corrected chi connectivity index (χ0v) is 12.9. The molecule has 1 nitrogen and oxygen atoms in total. The molecular formula is C12H11BrClNS2. The molecule has 2 rings (SSSR count). The SMILES string of the molecule is NC(CSc1ccc(Cl)cc1)c1sccc1Br. The molecule has 5 heteroatoms. The van der Waals surface area contributed by atoms with E-state index in [9.17, 15) is 0 Å². The van der Waals surface area contributed by atoms with Crippen LogP contribution in [0.25, 0.3) is 0 Å². The Kier molecular flexibility index (Phi) is 4.94. The van der Waals surface area contributed by atoms with Crippen LogP contribution in [0.15, 0.2) is 45.1 Å². The molecule has 0 aliphatic rings. The molecule has 0 aliphatic heterocycles. The number of benzene rings is 1. The molecule has 0 spiro atoms. The number of hydrogen-bond donors (Lipinski definition) is 1. The van der Waals surface area contributed by atoms with Gasteiger partial charge in [-0.25, -0.2) is 0 Å². The van der Waals surface area contributed by atoms with Gasteiger partial charge in [-0.1, -0.05) is 11.6 Å². The first-order valence-corrected chi connectivity index (χ1v) is 8.07. The van der Waals surface area contributed by atoms with Crippen LogP contribution in [0.4, 0.5) is 0 Å². The third kappa shape index (κ3) is 3.73. The van der Waals surface area contributed by atoms with Crippen molar-refractivity contribution in [3.8, 4) is 0 Å². The fraction of sp³-hybridized carbons (Fsp3) is 0.167.